The zero-order chi connectivity index (χ0) is 19.0. The molecule has 0 spiro atoms. The van der Waals surface area contributed by atoms with Crippen LogP contribution in [0.1, 0.15) is 44.1 Å². The number of pyridine rings is 1. The number of likely N-dealkylation sites (tertiary alicyclic amines) is 1. The average Bonchev–Trinajstić information content (AvgIpc) is 3.01. The van der Waals surface area contributed by atoms with E-state index in [2.05, 4.69) is 16.4 Å². The Morgan fingerprint density at radius 3 is 2.52 bits per heavy atom. The molecule has 138 valence electrons. The first-order chi connectivity index (χ1) is 13.1. The minimum absolute atomic E-state index is 0.00427. The van der Waals surface area contributed by atoms with Gasteiger partial charge in [-0.05, 0) is 43.9 Å². The summed E-state index contributed by atoms with van der Waals surface area (Å²) in [6, 6.07) is 7.81. The van der Waals surface area contributed by atoms with E-state index in [1.165, 1.54) is 4.90 Å². The monoisotopic (exact) mass is 382 g/mol. The Kier molecular flexibility index (Phi) is 4.71. The van der Waals surface area contributed by atoms with Crippen molar-refractivity contribution in [3.05, 3.63) is 35.0 Å². The van der Waals surface area contributed by atoms with Gasteiger partial charge in [0.1, 0.15) is 6.07 Å². The molecule has 1 aliphatic heterocycles. The molecule has 7 heteroatoms. The lowest BCUT2D eigenvalue weighted by Crippen LogP contribution is -2.43. The van der Waals surface area contributed by atoms with Gasteiger partial charge in [-0.15, -0.1) is 0 Å². The number of nitrogens with zero attached hydrogens (tertiary/aromatic N) is 3. The first kappa shape index (κ1) is 17.7. The fourth-order valence-corrected chi connectivity index (χ4v) is 4.26. The molecule has 1 N–H and O–H groups in total. The first-order valence-electron chi connectivity index (χ1n) is 9.16. The zero-order valence-corrected chi connectivity index (χ0v) is 15.5. The molecule has 0 bridgehead atoms. The van der Waals surface area contributed by atoms with E-state index < -0.39 is 0 Å². The number of aromatic nitrogens is 1. The van der Waals surface area contributed by atoms with E-state index in [9.17, 15) is 14.9 Å². The molecule has 2 aromatic rings. The van der Waals surface area contributed by atoms with Gasteiger partial charge in [0.2, 0.25) is 11.8 Å². The number of hydrogen-bond acceptors (Lipinski definition) is 5. The Bertz CT molecular complexity index is 944. The smallest absolute Gasteiger partial charge is 0.229 e. The number of nitrogens with one attached hydrogen (secondary N) is 1. The van der Waals surface area contributed by atoms with E-state index in [0.29, 0.717) is 23.4 Å². The number of anilines is 1. The number of benzene rings is 1. The van der Waals surface area contributed by atoms with Crippen molar-refractivity contribution in [1.82, 2.24) is 9.88 Å². The topological polar surface area (TPSA) is 86.1 Å². The summed E-state index contributed by atoms with van der Waals surface area (Å²) in [7, 11) is 0. The molecule has 2 aliphatic rings. The van der Waals surface area contributed by atoms with Crippen LogP contribution in [0.5, 0.6) is 0 Å². The van der Waals surface area contributed by atoms with Crippen molar-refractivity contribution >= 4 is 40.0 Å². The summed E-state index contributed by atoms with van der Waals surface area (Å²) in [6.07, 6.45) is 5.47. The van der Waals surface area contributed by atoms with Gasteiger partial charge in [0.15, 0.2) is 0 Å². The highest BCUT2D eigenvalue weighted by molar-refractivity contribution is 6.31. The summed E-state index contributed by atoms with van der Waals surface area (Å²) in [5, 5.41) is 14.4. The lowest BCUT2D eigenvalue weighted by atomic mass is 9.89. The maximum absolute atomic E-state index is 12.0. The molecule has 1 aromatic carbocycles. The number of carbonyl (C=O) groups is 2. The van der Waals surface area contributed by atoms with E-state index in [-0.39, 0.29) is 23.9 Å². The van der Waals surface area contributed by atoms with Gasteiger partial charge in [-0.2, -0.15) is 5.26 Å². The maximum atomic E-state index is 12.0. The number of halogens is 1. The van der Waals surface area contributed by atoms with Crippen molar-refractivity contribution in [3.8, 4) is 6.07 Å². The Morgan fingerprint density at radius 1 is 1.15 bits per heavy atom. The largest absolute Gasteiger partial charge is 0.381 e. The summed E-state index contributed by atoms with van der Waals surface area (Å²) in [6.45, 7) is 0. The predicted octanol–water partition coefficient (Wildman–Crippen LogP) is 3.63. The van der Waals surface area contributed by atoms with E-state index in [0.717, 1.165) is 42.3 Å². The normalized spacial score (nSPS) is 22.9. The number of hydrogen-bond donors (Lipinski definition) is 1. The van der Waals surface area contributed by atoms with Gasteiger partial charge in [0.05, 0.1) is 16.8 Å². The van der Waals surface area contributed by atoms with Gasteiger partial charge >= 0.3 is 0 Å². The molecule has 27 heavy (non-hydrogen) atoms. The summed E-state index contributed by atoms with van der Waals surface area (Å²) >= 11 is 6.14. The second kappa shape index (κ2) is 7.16. The molecule has 4 rings (SSSR count). The Balaban J connectivity index is 1.52. The van der Waals surface area contributed by atoms with E-state index in [4.69, 9.17) is 11.6 Å². The molecule has 2 heterocycles. The minimum Gasteiger partial charge on any atom is -0.381 e. The standard InChI is InChI=1S/C20H19ClN4O2/c21-13-1-6-17-16(9-13)20(12(10-22)11-23-17)24-14-2-4-15(5-3-14)25-18(26)7-8-19(25)27/h1,6,9,11,14-15H,2-5,7-8H2,(H,23,24). The van der Waals surface area contributed by atoms with Gasteiger partial charge in [-0.1, -0.05) is 11.6 Å². The second-order valence-corrected chi connectivity index (χ2v) is 7.56. The molecule has 0 unspecified atom stereocenters. The third-order valence-electron chi connectivity index (χ3n) is 5.45. The summed E-state index contributed by atoms with van der Waals surface area (Å²) in [5.41, 5.74) is 2.02. The van der Waals surface area contributed by atoms with Crippen LogP contribution in [0.2, 0.25) is 5.02 Å². The van der Waals surface area contributed by atoms with Crippen LogP contribution in [0.4, 0.5) is 5.69 Å². The first-order valence-corrected chi connectivity index (χ1v) is 9.54. The van der Waals surface area contributed by atoms with Crippen LogP contribution < -0.4 is 5.32 Å². The molecule has 1 saturated heterocycles. The molecular weight excluding hydrogens is 364 g/mol. The minimum atomic E-state index is -0.0436. The van der Waals surface area contributed by atoms with Crippen molar-refractivity contribution < 1.29 is 9.59 Å². The van der Waals surface area contributed by atoms with Gasteiger partial charge in [0.25, 0.3) is 0 Å². The molecule has 0 radical (unpaired) electrons. The quantitative estimate of drug-likeness (QED) is 0.819. The summed E-state index contributed by atoms with van der Waals surface area (Å²) in [5.74, 6) is -0.0871. The number of rotatable bonds is 3. The number of carbonyl (C=O) groups excluding carboxylic acids is 2. The molecule has 1 aromatic heterocycles. The molecule has 1 saturated carbocycles. The van der Waals surface area contributed by atoms with Gasteiger partial charge in [-0.25, -0.2) is 0 Å². The SMILES string of the molecule is N#Cc1cnc2ccc(Cl)cc2c1NC1CCC(N2C(=O)CCC2=O)CC1. The van der Waals surface area contributed by atoms with Crippen LogP contribution >= 0.6 is 11.6 Å². The summed E-state index contributed by atoms with van der Waals surface area (Å²) < 4.78 is 0. The van der Waals surface area contributed by atoms with Crippen LogP contribution in [0.3, 0.4) is 0 Å². The van der Waals surface area contributed by atoms with Crippen molar-refractivity contribution in [2.75, 3.05) is 5.32 Å². The van der Waals surface area contributed by atoms with Crippen LogP contribution in [-0.4, -0.2) is 33.8 Å². The highest BCUT2D eigenvalue weighted by Crippen LogP contribution is 2.33. The van der Waals surface area contributed by atoms with Crippen molar-refractivity contribution in [2.45, 2.75) is 50.6 Å². The Morgan fingerprint density at radius 2 is 1.85 bits per heavy atom. The molecule has 2 amide bonds. The molecule has 6 nitrogen and oxygen atoms in total. The number of imide groups is 1. The number of fused-ring (bicyclic) bond motifs is 1. The average molecular weight is 383 g/mol. The predicted molar refractivity (Wildman–Crippen MR) is 102 cm³/mol. The fourth-order valence-electron chi connectivity index (χ4n) is 4.09. The van der Waals surface area contributed by atoms with Crippen molar-refractivity contribution in [1.29, 1.82) is 5.26 Å². The Hall–Kier alpha value is -2.65. The number of nitriles is 1. The maximum Gasteiger partial charge on any atom is 0.229 e. The molecule has 2 fully saturated rings. The lowest BCUT2D eigenvalue weighted by Gasteiger charge is -2.34. The lowest BCUT2D eigenvalue weighted by molar-refractivity contribution is -0.141. The highest BCUT2D eigenvalue weighted by Gasteiger charge is 2.36. The van der Waals surface area contributed by atoms with Gasteiger partial charge in [-0.3, -0.25) is 19.5 Å². The van der Waals surface area contributed by atoms with Crippen molar-refractivity contribution in [2.24, 2.45) is 0 Å². The van der Waals surface area contributed by atoms with Gasteiger partial charge in [0, 0.05) is 41.5 Å². The molecule has 0 atom stereocenters. The van der Waals surface area contributed by atoms with E-state index in [1.807, 2.05) is 12.1 Å². The van der Waals surface area contributed by atoms with E-state index in [1.54, 1.807) is 12.3 Å². The molecular formula is C20H19ClN4O2. The van der Waals surface area contributed by atoms with Crippen LogP contribution in [-0.2, 0) is 9.59 Å². The van der Waals surface area contributed by atoms with Crippen LogP contribution in [0, 0.1) is 11.3 Å². The second-order valence-electron chi connectivity index (χ2n) is 7.13. The molecule has 1 aliphatic carbocycles. The van der Waals surface area contributed by atoms with Crippen LogP contribution in [0.25, 0.3) is 10.9 Å². The van der Waals surface area contributed by atoms with Gasteiger partial charge < -0.3 is 5.32 Å². The third kappa shape index (κ3) is 3.35. The fraction of sp³-hybridized carbons (Fsp3) is 0.400. The third-order valence-corrected chi connectivity index (χ3v) is 5.69. The van der Waals surface area contributed by atoms with Crippen LogP contribution in [0.15, 0.2) is 24.4 Å². The highest BCUT2D eigenvalue weighted by atomic mass is 35.5. The summed E-state index contributed by atoms with van der Waals surface area (Å²) in [4.78, 5) is 29.7. The zero-order valence-electron chi connectivity index (χ0n) is 14.7. The Labute approximate surface area is 162 Å². The van der Waals surface area contributed by atoms with E-state index >= 15 is 0 Å². The van der Waals surface area contributed by atoms with Crippen molar-refractivity contribution in [3.63, 3.8) is 0 Å². The number of amides is 2.